The van der Waals surface area contributed by atoms with Crippen molar-refractivity contribution in [3.05, 3.63) is 30.1 Å². The molecule has 0 aromatic carbocycles. The van der Waals surface area contributed by atoms with Gasteiger partial charge in [-0.25, -0.2) is 4.79 Å². The van der Waals surface area contributed by atoms with E-state index in [1.165, 1.54) is 6.20 Å². The van der Waals surface area contributed by atoms with Gasteiger partial charge in [0.1, 0.15) is 5.69 Å². The van der Waals surface area contributed by atoms with Crippen LogP contribution >= 0.6 is 0 Å². The quantitative estimate of drug-likeness (QED) is 0.899. The van der Waals surface area contributed by atoms with Crippen molar-refractivity contribution < 1.29 is 19.2 Å². The molecule has 0 radical (unpaired) electrons. The third kappa shape index (κ3) is 3.69. The van der Waals surface area contributed by atoms with Crippen molar-refractivity contribution in [3.8, 4) is 11.3 Å². The Bertz CT molecular complexity index is 687. The van der Waals surface area contributed by atoms with Crippen LogP contribution in [0.15, 0.2) is 29.0 Å². The van der Waals surface area contributed by atoms with Gasteiger partial charge in [0.25, 0.3) is 0 Å². The van der Waals surface area contributed by atoms with Crippen molar-refractivity contribution in [2.24, 2.45) is 5.41 Å². The summed E-state index contributed by atoms with van der Waals surface area (Å²) >= 11 is 0. The molecular weight excluding hydrogens is 286 g/mol. The third-order valence-electron chi connectivity index (χ3n) is 2.78. The zero-order valence-electron chi connectivity index (χ0n) is 12.6. The molecule has 0 aliphatic carbocycles. The highest BCUT2D eigenvalue weighted by molar-refractivity contribution is 6.03. The lowest BCUT2D eigenvalue weighted by molar-refractivity contribution is -0.117. The minimum Gasteiger partial charge on any atom is -0.477 e. The second-order valence-electron chi connectivity index (χ2n) is 6.07. The number of amides is 1. The monoisotopic (exact) mass is 303 g/mol. The third-order valence-corrected chi connectivity index (χ3v) is 2.78. The molecule has 0 unspecified atom stereocenters. The van der Waals surface area contributed by atoms with Crippen LogP contribution in [0.3, 0.4) is 0 Å². The Balaban J connectivity index is 2.32. The number of carboxylic acid groups (broad SMARTS) is 1. The standard InChI is InChI=1S/C15H17N3O4/c1-15(2,3)7-10(19)17-13-11(14(20)21)12(18-22-13)9-5-4-6-16-8-9/h4-6,8H,7H2,1-3H3,(H,17,19)(H,20,21). The molecule has 0 spiro atoms. The summed E-state index contributed by atoms with van der Waals surface area (Å²) in [5, 5.41) is 15.6. The van der Waals surface area contributed by atoms with Gasteiger partial charge >= 0.3 is 5.97 Å². The predicted molar refractivity (Wildman–Crippen MR) is 79.4 cm³/mol. The van der Waals surface area contributed by atoms with Crippen LogP contribution in [0.2, 0.25) is 0 Å². The molecule has 0 aliphatic heterocycles. The van der Waals surface area contributed by atoms with Crippen molar-refractivity contribution in [2.45, 2.75) is 27.2 Å². The SMILES string of the molecule is CC(C)(C)CC(=O)Nc1onc(-c2cccnc2)c1C(=O)O. The maximum absolute atomic E-state index is 11.9. The van der Waals surface area contributed by atoms with E-state index >= 15 is 0 Å². The average Bonchev–Trinajstić information content (AvgIpc) is 2.81. The molecule has 0 fully saturated rings. The first kappa shape index (κ1) is 15.7. The van der Waals surface area contributed by atoms with Crippen molar-refractivity contribution >= 4 is 17.8 Å². The zero-order valence-corrected chi connectivity index (χ0v) is 12.6. The van der Waals surface area contributed by atoms with E-state index in [2.05, 4.69) is 15.5 Å². The number of hydrogen-bond donors (Lipinski definition) is 2. The average molecular weight is 303 g/mol. The molecule has 2 aromatic rings. The normalized spacial score (nSPS) is 11.2. The van der Waals surface area contributed by atoms with Gasteiger partial charge in [-0.2, -0.15) is 0 Å². The van der Waals surface area contributed by atoms with Crippen LogP contribution in [0.25, 0.3) is 11.3 Å². The van der Waals surface area contributed by atoms with Crippen LogP contribution in [0.5, 0.6) is 0 Å². The highest BCUT2D eigenvalue weighted by atomic mass is 16.5. The van der Waals surface area contributed by atoms with E-state index in [1.807, 2.05) is 20.8 Å². The summed E-state index contributed by atoms with van der Waals surface area (Å²) in [6, 6.07) is 3.32. The minimum atomic E-state index is -1.23. The first-order valence-electron chi connectivity index (χ1n) is 6.71. The van der Waals surface area contributed by atoms with Crippen LogP contribution in [0.4, 0.5) is 5.88 Å². The van der Waals surface area contributed by atoms with Crippen molar-refractivity contribution in [2.75, 3.05) is 5.32 Å². The zero-order chi connectivity index (χ0) is 16.3. The fraction of sp³-hybridized carbons (Fsp3) is 0.333. The van der Waals surface area contributed by atoms with Crippen molar-refractivity contribution in [1.82, 2.24) is 10.1 Å². The van der Waals surface area contributed by atoms with Crippen LogP contribution in [-0.2, 0) is 4.79 Å². The lowest BCUT2D eigenvalue weighted by Gasteiger charge is -2.16. The van der Waals surface area contributed by atoms with Crippen molar-refractivity contribution in [3.63, 3.8) is 0 Å². The summed E-state index contributed by atoms with van der Waals surface area (Å²) in [7, 11) is 0. The van der Waals surface area contributed by atoms with Crippen LogP contribution < -0.4 is 5.32 Å². The molecule has 2 N–H and O–H groups in total. The van der Waals surface area contributed by atoms with Gasteiger partial charge in [-0.15, -0.1) is 0 Å². The second kappa shape index (κ2) is 5.97. The number of nitrogens with one attached hydrogen (secondary N) is 1. The first-order valence-corrected chi connectivity index (χ1v) is 6.71. The number of rotatable bonds is 4. The number of carbonyl (C=O) groups is 2. The topological polar surface area (TPSA) is 105 Å². The Labute approximate surface area is 127 Å². The number of carboxylic acids is 1. The molecule has 1 amide bonds. The Morgan fingerprint density at radius 3 is 2.64 bits per heavy atom. The highest BCUT2D eigenvalue weighted by Crippen LogP contribution is 2.29. The van der Waals surface area contributed by atoms with E-state index in [0.29, 0.717) is 5.56 Å². The summed E-state index contributed by atoms with van der Waals surface area (Å²) < 4.78 is 5.01. The summed E-state index contributed by atoms with van der Waals surface area (Å²) in [6.07, 6.45) is 3.27. The summed E-state index contributed by atoms with van der Waals surface area (Å²) in [4.78, 5) is 27.3. The highest BCUT2D eigenvalue weighted by Gasteiger charge is 2.26. The number of nitrogens with zero attached hydrogens (tertiary/aromatic N) is 2. The fourth-order valence-electron chi connectivity index (χ4n) is 1.93. The van der Waals surface area contributed by atoms with Gasteiger partial charge in [0.15, 0.2) is 5.56 Å². The van der Waals surface area contributed by atoms with Gasteiger partial charge in [0.05, 0.1) is 0 Å². The van der Waals surface area contributed by atoms with Gasteiger partial charge < -0.3 is 9.63 Å². The van der Waals surface area contributed by atoms with Crippen LogP contribution in [0.1, 0.15) is 37.6 Å². The summed E-state index contributed by atoms with van der Waals surface area (Å²) in [6.45, 7) is 5.73. The summed E-state index contributed by atoms with van der Waals surface area (Å²) in [5.41, 5.74) is 0.224. The van der Waals surface area contributed by atoms with Gasteiger partial charge in [0, 0.05) is 24.4 Å². The van der Waals surface area contributed by atoms with E-state index < -0.39 is 5.97 Å². The molecule has 116 valence electrons. The van der Waals surface area contributed by atoms with Gasteiger partial charge in [-0.1, -0.05) is 25.9 Å². The minimum absolute atomic E-state index is 0.131. The molecule has 7 heteroatoms. The Morgan fingerprint density at radius 1 is 1.36 bits per heavy atom. The largest absolute Gasteiger partial charge is 0.477 e. The summed E-state index contributed by atoms with van der Waals surface area (Å²) in [5.74, 6) is -1.73. The lowest BCUT2D eigenvalue weighted by Crippen LogP contribution is -2.20. The van der Waals surface area contributed by atoms with E-state index in [0.717, 1.165) is 0 Å². The molecule has 22 heavy (non-hydrogen) atoms. The molecule has 0 saturated heterocycles. The van der Waals surface area contributed by atoms with E-state index in [4.69, 9.17) is 4.52 Å². The number of carbonyl (C=O) groups excluding carboxylic acids is 1. The Kier molecular flexibility index (Phi) is 4.25. The Hall–Kier alpha value is -2.70. The number of aromatic nitrogens is 2. The van der Waals surface area contributed by atoms with E-state index in [-0.39, 0.29) is 34.9 Å². The molecule has 7 nitrogen and oxygen atoms in total. The maximum Gasteiger partial charge on any atom is 0.343 e. The van der Waals surface area contributed by atoms with Gasteiger partial charge in [-0.3, -0.25) is 15.1 Å². The lowest BCUT2D eigenvalue weighted by atomic mass is 9.92. The van der Waals surface area contributed by atoms with Crippen LogP contribution in [0, 0.1) is 5.41 Å². The van der Waals surface area contributed by atoms with E-state index in [9.17, 15) is 14.7 Å². The molecule has 2 aromatic heterocycles. The Morgan fingerprint density at radius 2 is 2.09 bits per heavy atom. The molecule has 2 heterocycles. The van der Waals surface area contributed by atoms with Crippen molar-refractivity contribution in [1.29, 1.82) is 0 Å². The number of aromatic carboxylic acids is 1. The van der Waals surface area contributed by atoms with Crippen LogP contribution in [-0.4, -0.2) is 27.1 Å². The smallest absolute Gasteiger partial charge is 0.343 e. The molecule has 0 bridgehead atoms. The van der Waals surface area contributed by atoms with Gasteiger partial charge in [0.2, 0.25) is 11.8 Å². The fourth-order valence-corrected chi connectivity index (χ4v) is 1.93. The molecule has 0 atom stereocenters. The van der Waals surface area contributed by atoms with E-state index in [1.54, 1.807) is 18.3 Å². The molecular formula is C15H17N3O4. The maximum atomic E-state index is 11.9. The first-order chi connectivity index (χ1) is 10.3. The number of hydrogen-bond acceptors (Lipinski definition) is 5. The number of anilines is 1. The molecule has 2 rings (SSSR count). The predicted octanol–water partition coefficient (Wildman–Crippen LogP) is 2.81. The van der Waals surface area contributed by atoms with Gasteiger partial charge in [-0.05, 0) is 17.5 Å². The molecule has 0 saturated carbocycles. The molecule has 0 aliphatic rings. The number of pyridine rings is 1. The second-order valence-corrected chi connectivity index (χ2v) is 6.07.